The molecule has 0 aliphatic rings. The van der Waals surface area contributed by atoms with Gasteiger partial charge in [-0.05, 0) is 37.4 Å². The molecule has 0 aliphatic heterocycles. The van der Waals surface area contributed by atoms with Crippen LogP contribution in [0.15, 0.2) is 29.4 Å². The minimum atomic E-state index is -0.241. The molecule has 2 rings (SSSR count). The molecule has 0 atom stereocenters. The van der Waals surface area contributed by atoms with E-state index in [9.17, 15) is 4.39 Å². The molecule has 0 radical (unpaired) electrons. The number of rotatable bonds is 2. The predicted molar refractivity (Wildman–Crippen MR) is 57.8 cm³/mol. The van der Waals surface area contributed by atoms with E-state index in [0.29, 0.717) is 0 Å². The predicted octanol–water partition coefficient (Wildman–Crippen LogP) is 2.44. The number of aromatic nitrogens is 3. The summed E-state index contributed by atoms with van der Waals surface area (Å²) in [4.78, 5) is 0. The van der Waals surface area contributed by atoms with Crippen LogP contribution in [0.4, 0.5) is 4.39 Å². The van der Waals surface area contributed by atoms with Crippen molar-refractivity contribution in [2.45, 2.75) is 12.1 Å². The number of halogens is 1. The van der Waals surface area contributed by atoms with Gasteiger partial charge in [0.2, 0.25) is 0 Å². The Morgan fingerprint density at radius 1 is 1.20 bits per heavy atom. The first kappa shape index (κ1) is 10.2. The summed E-state index contributed by atoms with van der Waals surface area (Å²) in [5, 5.41) is 8.80. The molecule has 1 aromatic carbocycles. The van der Waals surface area contributed by atoms with Gasteiger partial charge in [-0.3, -0.25) is 4.57 Å². The molecular weight excluding hydrogens is 213 g/mol. The maximum absolute atomic E-state index is 12.8. The zero-order chi connectivity index (χ0) is 10.8. The minimum absolute atomic E-state index is 0.241. The molecule has 5 heteroatoms. The van der Waals surface area contributed by atoms with Crippen LogP contribution in [0, 0.1) is 12.7 Å². The van der Waals surface area contributed by atoms with Crippen LogP contribution in [0.3, 0.4) is 0 Å². The molecule has 3 nitrogen and oxygen atoms in total. The molecule has 0 N–H and O–H groups in total. The fourth-order valence-corrected chi connectivity index (χ4v) is 1.91. The summed E-state index contributed by atoms with van der Waals surface area (Å²) in [6.45, 7) is 1.87. The van der Waals surface area contributed by atoms with Crippen LogP contribution < -0.4 is 0 Å². The van der Waals surface area contributed by atoms with Crippen LogP contribution in [0.5, 0.6) is 0 Å². The van der Waals surface area contributed by atoms with Gasteiger partial charge in [0.25, 0.3) is 0 Å². The van der Waals surface area contributed by atoms with Gasteiger partial charge in [0.1, 0.15) is 11.6 Å². The second-order valence-corrected chi connectivity index (χ2v) is 3.82. The van der Waals surface area contributed by atoms with E-state index in [-0.39, 0.29) is 5.82 Å². The third-order valence-corrected chi connectivity index (χ3v) is 2.69. The van der Waals surface area contributed by atoms with Gasteiger partial charge in [0, 0.05) is 5.69 Å². The van der Waals surface area contributed by atoms with E-state index in [4.69, 9.17) is 0 Å². The Balaban J connectivity index is 2.52. The van der Waals surface area contributed by atoms with E-state index in [1.807, 2.05) is 17.7 Å². The molecule has 0 bridgehead atoms. The largest absolute Gasteiger partial charge is 0.274 e. The maximum atomic E-state index is 12.8. The molecule has 0 fully saturated rings. The van der Waals surface area contributed by atoms with E-state index < -0.39 is 0 Å². The van der Waals surface area contributed by atoms with Gasteiger partial charge in [-0.2, -0.15) is 0 Å². The highest BCUT2D eigenvalue weighted by Crippen LogP contribution is 2.19. The smallest absolute Gasteiger partial charge is 0.195 e. The molecule has 2 aromatic rings. The number of thioether (sulfide) groups is 1. The van der Waals surface area contributed by atoms with Crippen molar-refractivity contribution in [1.82, 2.24) is 14.8 Å². The zero-order valence-corrected chi connectivity index (χ0v) is 9.25. The molecule has 1 heterocycles. The van der Waals surface area contributed by atoms with Gasteiger partial charge in [0.05, 0.1) is 0 Å². The van der Waals surface area contributed by atoms with Crippen LogP contribution >= 0.6 is 11.8 Å². The summed E-state index contributed by atoms with van der Waals surface area (Å²) in [7, 11) is 0. The topological polar surface area (TPSA) is 30.7 Å². The van der Waals surface area contributed by atoms with Gasteiger partial charge < -0.3 is 0 Å². The molecule has 78 valence electrons. The lowest BCUT2D eigenvalue weighted by Crippen LogP contribution is -1.98. The van der Waals surface area contributed by atoms with Crippen molar-refractivity contribution in [3.05, 3.63) is 35.9 Å². The summed E-state index contributed by atoms with van der Waals surface area (Å²) in [5.74, 6) is 0.557. The third kappa shape index (κ3) is 1.87. The van der Waals surface area contributed by atoms with E-state index in [2.05, 4.69) is 10.2 Å². The number of hydrogen-bond donors (Lipinski definition) is 0. The van der Waals surface area contributed by atoms with Crippen molar-refractivity contribution in [2.24, 2.45) is 0 Å². The van der Waals surface area contributed by atoms with Crippen molar-refractivity contribution < 1.29 is 4.39 Å². The maximum Gasteiger partial charge on any atom is 0.195 e. The lowest BCUT2D eigenvalue weighted by Gasteiger charge is -2.06. The molecule has 0 amide bonds. The molecule has 0 unspecified atom stereocenters. The van der Waals surface area contributed by atoms with Crippen molar-refractivity contribution in [2.75, 3.05) is 6.26 Å². The second-order valence-electron chi connectivity index (χ2n) is 3.05. The van der Waals surface area contributed by atoms with Gasteiger partial charge in [0.15, 0.2) is 5.16 Å². The highest BCUT2D eigenvalue weighted by Gasteiger charge is 2.09. The Hall–Kier alpha value is -1.36. The molecule has 0 saturated carbocycles. The molecule has 0 spiro atoms. The number of hydrogen-bond acceptors (Lipinski definition) is 3. The Labute approximate surface area is 91.3 Å². The fourth-order valence-electron chi connectivity index (χ4n) is 1.36. The average molecular weight is 223 g/mol. The Bertz CT molecular complexity index is 464. The summed E-state index contributed by atoms with van der Waals surface area (Å²) in [6.07, 6.45) is 1.93. The van der Waals surface area contributed by atoms with E-state index >= 15 is 0 Å². The normalized spacial score (nSPS) is 10.6. The monoisotopic (exact) mass is 223 g/mol. The summed E-state index contributed by atoms with van der Waals surface area (Å²) in [6, 6.07) is 6.29. The molecule has 15 heavy (non-hydrogen) atoms. The highest BCUT2D eigenvalue weighted by molar-refractivity contribution is 7.98. The van der Waals surface area contributed by atoms with Crippen molar-refractivity contribution in [3.8, 4) is 5.69 Å². The van der Waals surface area contributed by atoms with E-state index in [1.165, 1.54) is 23.9 Å². The quantitative estimate of drug-likeness (QED) is 0.733. The lowest BCUT2D eigenvalue weighted by molar-refractivity contribution is 0.627. The Morgan fingerprint density at radius 3 is 2.47 bits per heavy atom. The highest BCUT2D eigenvalue weighted by atomic mass is 32.2. The molecule has 0 aliphatic carbocycles. The first-order valence-electron chi connectivity index (χ1n) is 4.44. The van der Waals surface area contributed by atoms with Crippen molar-refractivity contribution in [1.29, 1.82) is 0 Å². The third-order valence-electron chi connectivity index (χ3n) is 2.06. The summed E-state index contributed by atoms with van der Waals surface area (Å²) >= 11 is 1.51. The molecule has 1 aromatic heterocycles. The van der Waals surface area contributed by atoms with Crippen LogP contribution in [0.2, 0.25) is 0 Å². The van der Waals surface area contributed by atoms with Crippen LogP contribution in [-0.2, 0) is 0 Å². The first-order chi connectivity index (χ1) is 7.22. The van der Waals surface area contributed by atoms with Gasteiger partial charge in [-0.25, -0.2) is 4.39 Å². The number of nitrogens with zero attached hydrogens (tertiary/aromatic N) is 3. The molecule has 0 saturated heterocycles. The van der Waals surface area contributed by atoms with Gasteiger partial charge in [-0.15, -0.1) is 10.2 Å². The molecular formula is C10H10FN3S. The average Bonchev–Trinajstić information content (AvgIpc) is 2.61. The Morgan fingerprint density at radius 2 is 1.87 bits per heavy atom. The number of aryl methyl sites for hydroxylation is 1. The van der Waals surface area contributed by atoms with Crippen LogP contribution in [0.1, 0.15) is 5.82 Å². The van der Waals surface area contributed by atoms with Crippen molar-refractivity contribution >= 4 is 11.8 Å². The minimum Gasteiger partial charge on any atom is -0.274 e. The lowest BCUT2D eigenvalue weighted by atomic mass is 10.3. The van der Waals surface area contributed by atoms with E-state index in [0.717, 1.165) is 16.7 Å². The van der Waals surface area contributed by atoms with E-state index in [1.54, 1.807) is 12.1 Å². The second kappa shape index (κ2) is 4.02. The zero-order valence-electron chi connectivity index (χ0n) is 8.44. The standard InChI is InChI=1S/C10H10FN3S/c1-7-12-13-10(15-2)14(7)9-5-3-8(11)4-6-9/h3-6H,1-2H3. The summed E-state index contributed by atoms with van der Waals surface area (Å²) < 4.78 is 14.7. The first-order valence-corrected chi connectivity index (χ1v) is 5.67. The van der Waals surface area contributed by atoms with Crippen molar-refractivity contribution in [3.63, 3.8) is 0 Å². The summed E-state index contributed by atoms with van der Waals surface area (Å²) in [5.41, 5.74) is 0.878. The number of benzene rings is 1. The fraction of sp³-hybridized carbons (Fsp3) is 0.200. The Kier molecular flexibility index (Phi) is 2.73. The van der Waals surface area contributed by atoms with Crippen LogP contribution in [-0.4, -0.2) is 21.0 Å². The van der Waals surface area contributed by atoms with Gasteiger partial charge in [-0.1, -0.05) is 11.8 Å². The van der Waals surface area contributed by atoms with Gasteiger partial charge >= 0.3 is 0 Å². The SMILES string of the molecule is CSc1nnc(C)n1-c1ccc(F)cc1. The van der Waals surface area contributed by atoms with Crippen LogP contribution in [0.25, 0.3) is 5.69 Å².